The van der Waals surface area contributed by atoms with Gasteiger partial charge in [0.15, 0.2) is 0 Å². The number of hydrogen-bond acceptors (Lipinski definition) is 3. The highest BCUT2D eigenvalue weighted by atomic mass is 16.5. The lowest BCUT2D eigenvalue weighted by atomic mass is 10.1. The summed E-state index contributed by atoms with van der Waals surface area (Å²) < 4.78 is 7.73. The fourth-order valence-corrected chi connectivity index (χ4v) is 2.13. The fourth-order valence-electron chi connectivity index (χ4n) is 2.13. The van der Waals surface area contributed by atoms with Gasteiger partial charge in [-0.15, -0.1) is 0 Å². The van der Waals surface area contributed by atoms with Crippen LogP contribution in [0.1, 0.15) is 45.0 Å². The molecule has 1 aromatic heterocycles. The summed E-state index contributed by atoms with van der Waals surface area (Å²) >= 11 is 0. The van der Waals surface area contributed by atoms with Crippen LogP contribution in [-0.4, -0.2) is 15.4 Å². The quantitative estimate of drug-likeness (QED) is 0.915. The van der Waals surface area contributed by atoms with E-state index in [9.17, 15) is 0 Å². The van der Waals surface area contributed by atoms with E-state index in [-0.39, 0.29) is 11.6 Å². The van der Waals surface area contributed by atoms with E-state index in [0.29, 0.717) is 0 Å². The van der Waals surface area contributed by atoms with Crippen LogP contribution in [0.5, 0.6) is 5.75 Å². The molecule has 0 fully saturated rings. The van der Waals surface area contributed by atoms with E-state index in [1.807, 2.05) is 36.1 Å². The second-order valence-electron chi connectivity index (χ2n) is 6.33. The van der Waals surface area contributed by atoms with Crippen molar-refractivity contribution < 1.29 is 4.74 Å². The summed E-state index contributed by atoms with van der Waals surface area (Å²) in [6, 6.07) is 10.6. The minimum Gasteiger partial charge on any atom is -0.488 e. The summed E-state index contributed by atoms with van der Waals surface area (Å²) in [5, 5.41) is 7.68. The van der Waals surface area contributed by atoms with E-state index < -0.39 is 0 Å². The van der Waals surface area contributed by atoms with Crippen LogP contribution in [0.4, 0.5) is 0 Å². The van der Waals surface area contributed by atoms with Crippen LogP contribution in [0, 0.1) is 0 Å². The van der Waals surface area contributed by atoms with Gasteiger partial charge >= 0.3 is 0 Å². The Bertz CT molecular complexity index is 566. The van der Waals surface area contributed by atoms with Crippen molar-refractivity contribution in [1.82, 2.24) is 15.1 Å². The average molecular weight is 287 g/mol. The fraction of sp³-hybridized carbons (Fsp3) is 0.471. The predicted octanol–water partition coefficient (Wildman–Crippen LogP) is 3.45. The molecule has 0 radical (unpaired) electrons. The molecular weight excluding hydrogens is 262 g/mol. The molecule has 0 spiro atoms. The van der Waals surface area contributed by atoms with Crippen molar-refractivity contribution in [2.75, 3.05) is 0 Å². The molecule has 2 aromatic rings. The predicted molar refractivity (Wildman–Crippen MR) is 85.3 cm³/mol. The molecule has 0 aliphatic rings. The maximum atomic E-state index is 5.84. The third kappa shape index (κ3) is 4.60. The van der Waals surface area contributed by atoms with Crippen molar-refractivity contribution in [3.8, 4) is 5.75 Å². The van der Waals surface area contributed by atoms with Crippen LogP contribution in [0.15, 0.2) is 36.5 Å². The number of aryl methyl sites for hydroxylation is 1. The van der Waals surface area contributed by atoms with Crippen molar-refractivity contribution in [2.24, 2.45) is 7.05 Å². The highest BCUT2D eigenvalue weighted by Crippen LogP contribution is 2.21. The van der Waals surface area contributed by atoms with E-state index >= 15 is 0 Å². The Labute approximate surface area is 127 Å². The first-order chi connectivity index (χ1) is 9.85. The minimum absolute atomic E-state index is 0.162. The highest BCUT2D eigenvalue weighted by molar-refractivity contribution is 5.29. The zero-order valence-corrected chi connectivity index (χ0v) is 13.6. The van der Waals surface area contributed by atoms with Gasteiger partial charge in [-0.25, -0.2) is 0 Å². The number of benzene rings is 1. The van der Waals surface area contributed by atoms with Gasteiger partial charge in [0.1, 0.15) is 11.4 Å². The standard InChI is InChI=1S/C17H25N3O/c1-13(18-12-15-10-11-19-20(15)5)14-6-8-16(9-7-14)21-17(2,3)4/h6-11,13,18H,12H2,1-5H3. The Morgan fingerprint density at radius 1 is 1.19 bits per heavy atom. The molecule has 0 aliphatic carbocycles. The summed E-state index contributed by atoms with van der Waals surface area (Å²) in [5.41, 5.74) is 2.26. The molecular formula is C17H25N3O. The number of nitrogens with one attached hydrogen (secondary N) is 1. The molecule has 2 rings (SSSR count). The Hall–Kier alpha value is -1.81. The molecule has 4 heteroatoms. The molecule has 0 aliphatic heterocycles. The first kappa shape index (κ1) is 15.6. The van der Waals surface area contributed by atoms with Crippen molar-refractivity contribution in [3.63, 3.8) is 0 Å². The zero-order chi connectivity index (χ0) is 15.5. The molecule has 1 unspecified atom stereocenters. The number of rotatable bonds is 5. The second kappa shape index (κ2) is 6.31. The van der Waals surface area contributed by atoms with E-state index in [0.717, 1.165) is 12.3 Å². The first-order valence-electron chi connectivity index (χ1n) is 7.34. The van der Waals surface area contributed by atoms with Gasteiger partial charge < -0.3 is 10.1 Å². The van der Waals surface area contributed by atoms with Gasteiger partial charge in [0, 0.05) is 25.8 Å². The monoisotopic (exact) mass is 287 g/mol. The zero-order valence-electron chi connectivity index (χ0n) is 13.6. The van der Waals surface area contributed by atoms with Crippen LogP contribution >= 0.6 is 0 Å². The molecule has 0 bridgehead atoms. The van der Waals surface area contributed by atoms with E-state index in [4.69, 9.17) is 4.74 Å². The summed E-state index contributed by atoms with van der Waals surface area (Å²) in [7, 11) is 1.96. The van der Waals surface area contributed by atoms with Crippen LogP contribution in [0.3, 0.4) is 0 Å². The van der Waals surface area contributed by atoms with E-state index in [1.54, 1.807) is 0 Å². The van der Waals surface area contributed by atoms with Gasteiger partial charge in [0.05, 0.1) is 5.69 Å². The normalized spacial score (nSPS) is 13.2. The van der Waals surface area contributed by atoms with Gasteiger partial charge in [0.25, 0.3) is 0 Å². The third-order valence-corrected chi connectivity index (χ3v) is 3.32. The number of nitrogens with zero attached hydrogens (tertiary/aromatic N) is 2. The first-order valence-corrected chi connectivity index (χ1v) is 7.34. The molecule has 21 heavy (non-hydrogen) atoms. The summed E-state index contributed by atoms with van der Waals surface area (Å²) in [6.07, 6.45) is 1.82. The Kier molecular flexibility index (Phi) is 4.68. The van der Waals surface area contributed by atoms with Crippen molar-refractivity contribution in [2.45, 2.75) is 45.9 Å². The molecule has 1 heterocycles. The maximum Gasteiger partial charge on any atom is 0.120 e. The molecule has 0 saturated heterocycles. The summed E-state index contributed by atoms with van der Waals surface area (Å²) in [6.45, 7) is 9.13. The number of ether oxygens (including phenoxy) is 1. The summed E-state index contributed by atoms with van der Waals surface area (Å²) in [4.78, 5) is 0. The van der Waals surface area contributed by atoms with E-state index in [1.165, 1.54) is 11.3 Å². The van der Waals surface area contributed by atoms with Crippen molar-refractivity contribution >= 4 is 0 Å². The average Bonchev–Trinajstić information content (AvgIpc) is 2.80. The minimum atomic E-state index is -0.162. The van der Waals surface area contributed by atoms with Gasteiger partial charge in [-0.2, -0.15) is 5.10 Å². The molecule has 0 amide bonds. The lowest BCUT2D eigenvalue weighted by Gasteiger charge is -2.22. The molecule has 1 N–H and O–H groups in total. The number of aromatic nitrogens is 2. The second-order valence-corrected chi connectivity index (χ2v) is 6.33. The number of hydrogen-bond donors (Lipinski definition) is 1. The molecule has 1 atom stereocenters. The van der Waals surface area contributed by atoms with Crippen molar-refractivity contribution in [3.05, 3.63) is 47.8 Å². The van der Waals surface area contributed by atoms with Crippen LogP contribution in [-0.2, 0) is 13.6 Å². The Morgan fingerprint density at radius 2 is 1.86 bits per heavy atom. The van der Waals surface area contributed by atoms with Crippen LogP contribution in [0.25, 0.3) is 0 Å². The molecule has 0 saturated carbocycles. The van der Waals surface area contributed by atoms with Crippen LogP contribution < -0.4 is 10.1 Å². The maximum absolute atomic E-state index is 5.84. The summed E-state index contributed by atoms with van der Waals surface area (Å²) in [5.74, 6) is 0.907. The molecule has 1 aromatic carbocycles. The molecule has 4 nitrogen and oxygen atoms in total. The van der Waals surface area contributed by atoms with Gasteiger partial charge in [-0.1, -0.05) is 12.1 Å². The third-order valence-electron chi connectivity index (χ3n) is 3.32. The van der Waals surface area contributed by atoms with Crippen molar-refractivity contribution in [1.29, 1.82) is 0 Å². The Balaban J connectivity index is 1.93. The molecule has 114 valence electrons. The topological polar surface area (TPSA) is 39.1 Å². The largest absolute Gasteiger partial charge is 0.488 e. The smallest absolute Gasteiger partial charge is 0.120 e. The lowest BCUT2D eigenvalue weighted by Crippen LogP contribution is -2.23. The van der Waals surface area contributed by atoms with Gasteiger partial charge in [-0.05, 0) is 51.5 Å². The highest BCUT2D eigenvalue weighted by Gasteiger charge is 2.12. The van der Waals surface area contributed by atoms with Gasteiger partial charge in [-0.3, -0.25) is 4.68 Å². The van der Waals surface area contributed by atoms with E-state index in [2.05, 4.69) is 50.2 Å². The van der Waals surface area contributed by atoms with Crippen LogP contribution in [0.2, 0.25) is 0 Å². The SMILES string of the molecule is CC(NCc1ccnn1C)c1ccc(OC(C)(C)C)cc1. The van der Waals surface area contributed by atoms with Gasteiger partial charge in [0.2, 0.25) is 0 Å². The lowest BCUT2D eigenvalue weighted by molar-refractivity contribution is 0.131. The Morgan fingerprint density at radius 3 is 2.38 bits per heavy atom.